The molecule has 0 aromatic heterocycles. The fourth-order valence-corrected chi connectivity index (χ4v) is 3.77. The topological polar surface area (TPSA) is 49.3 Å². The summed E-state index contributed by atoms with van der Waals surface area (Å²) in [6.45, 7) is 1.87. The summed E-state index contributed by atoms with van der Waals surface area (Å²) in [4.78, 5) is 11.3. The maximum Gasteiger partial charge on any atom is 0.219 e. The largest absolute Gasteiger partial charge is 0.392 e. The van der Waals surface area contributed by atoms with E-state index in [1.54, 1.807) is 11.8 Å². The van der Waals surface area contributed by atoms with Crippen molar-refractivity contribution >= 4 is 17.7 Å². The van der Waals surface area contributed by atoms with Crippen LogP contribution in [0.1, 0.15) is 26.2 Å². The van der Waals surface area contributed by atoms with Crippen molar-refractivity contribution < 1.29 is 9.90 Å². The zero-order chi connectivity index (χ0) is 11.0. The van der Waals surface area contributed by atoms with Crippen LogP contribution in [0.4, 0.5) is 0 Å². The first-order chi connectivity index (χ1) is 7.17. The van der Waals surface area contributed by atoms with E-state index in [2.05, 4.69) is 11.6 Å². The first-order valence-corrected chi connectivity index (χ1v) is 6.96. The number of carbonyl (C=O) groups is 1. The maximum atomic E-state index is 11.3. The van der Waals surface area contributed by atoms with Crippen LogP contribution in [0, 0.1) is 11.8 Å². The third-order valence-corrected chi connectivity index (χ3v) is 4.96. The monoisotopic (exact) mass is 229 g/mol. The van der Waals surface area contributed by atoms with Gasteiger partial charge in [-0.1, -0.05) is 6.92 Å². The molecule has 0 spiro atoms. The zero-order valence-electron chi connectivity index (χ0n) is 9.27. The Hall–Kier alpha value is -0.220. The van der Waals surface area contributed by atoms with Crippen molar-refractivity contribution in [3.63, 3.8) is 0 Å². The molecule has 0 aromatic rings. The number of rotatable bonds is 3. The SMILES string of the molecule is CCC(=O)N[C@H]1C[C@H]2[C@H](O)[C@@H](SC)C[C@H]21. The molecule has 0 unspecified atom stereocenters. The van der Waals surface area contributed by atoms with Gasteiger partial charge in [0.15, 0.2) is 0 Å². The molecule has 86 valence electrons. The van der Waals surface area contributed by atoms with Crippen molar-refractivity contribution in [1.29, 1.82) is 0 Å². The molecule has 0 aromatic carbocycles. The quantitative estimate of drug-likeness (QED) is 0.759. The molecule has 2 saturated carbocycles. The Labute approximate surface area is 95.0 Å². The standard InChI is InChI=1S/C11H19NO2S/c1-3-10(13)12-8-4-7-6(8)5-9(15-2)11(7)14/h6-9,11,14H,3-5H2,1-2H3,(H,12,13)/t6-,7-,8+,9+,11+/m1/s1. The number of nitrogens with one attached hydrogen (secondary N) is 1. The average Bonchev–Trinajstić information content (AvgIpc) is 2.47. The van der Waals surface area contributed by atoms with Gasteiger partial charge in [-0.25, -0.2) is 0 Å². The Morgan fingerprint density at radius 3 is 2.80 bits per heavy atom. The molecule has 5 atom stereocenters. The van der Waals surface area contributed by atoms with Crippen LogP contribution in [0.2, 0.25) is 0 Å². The lowest BCUT2D eigenvalue weighted by Gasteiger charge is -2.41. The lowest BCUT2D eigenvalue weighted by atomic mass is 9.71. The summed E-state index contributed by atoms with van der Waals surface area (Å²) in [6.07, 6.45) is 4.48. The first-order valence-electron chi connectivity index (χ1n) is 5.67. The van der Waals surface area contributed by atoms with Crippen molar-refractivity contribution in [2.75, 3.05) is 6.26 Å². The van der Waals surface area contributed by atoms with Crippen LogP contribution in [0.3, 0.4) is 0 Å². The van der Waals surface area contributed by atoms with Crippen LogP contribution in [0.5, 0.6) is 0 Å². The van der Waals surface area contributed by atoms with Gasteiger partial charge in [-0.15, -0.1) is 0 Å². The van der Waals surface area contributed by atoms with E-state index in [-0.39, 0.29) is 12.0 Å². The van der Waals surface area contributed by atoms with Crippen LogP contribution in [-0.4, -0.2) is 34.7 Å². The highest BCUT2D eigenvalue weighted by atomic mass is 32.2. The highest BCUT2D eigenvalue weighted by Gasteiger charge is 2.53. The number of carbonyl (C=O) groups excluding carboxylic acids is 1. The first kappa shape index (κ1) is 11.3. The average molecular weight is 229 g/mol. The fraction of sp³-hybridized carbons (Fsp3) is 0.909. The number of fused-ring (bicyclic) bond motifs is 1. The summed E-state index contributed by atoms with van der Waals surface area (Å²) < 4.78 is 0. The zero-order valence-corrected chi connectivity index (χ0v) is 10.1. The van der Waals surface area contributed by atoms with Crippen molar-refractivity contribution in [3.8, 4) is 0 Å². The molecule has 0 saturated heterocycles. The predicted octanol–water partition coefficient (Wildman–Crippen LogP) is 1.01. The van der Waals surface area contributed by atoms with E-state index < -0.39 is 0 Å². The van der Waals surface area contributed by atoms with Crippen LogP contribution < -0.4 is 5.32 Å². The van der Waals surface area contributed by atoms with Gasteiger partial charge in [0.1, 0.15) is 0 Å². The van der Waals surface area contributed by atoms with Crippen molar-refractivity contribution in [2.45, 2.75) is 43.6 Å². The Bertz CT molecular complexity index is 259. The number of hydrogen-bond acceptors (Lipinski definition) is 3. The molecule has 1 amide bonds. The molecule has 0 radical (unpaired) electrons. The number of thioether (sulfide) groups is 1. The van der Waals surface area contributed by atoms with Crippen molar-refractivity contribution in [1.82, 2.24) is 5.32 Å². The van der Waals surface area contributed by atoms with Gasteiger partial charge >= 0.3 is 0 Å². The predicted molar refractivity (Wildman–Crippen MR) is 61.7 cm³/mol. The summed E-state index contributed by atoms with van der Waals surface area (Å²) in [6, 6.07) is 0.328. The summed E-state index contributed by atoms with van der Waals surface area (Å²) in [5.74, 6) is 1.10. The summed E-state index contributed by atoms with van der Waals surface area (Å²) in [5.41, 5.74) is 0. The third-order valence-electron chi connectivity index (χ3n) is 3.89. The molecule has 2 aliphatic rings. The number of aliphatic hydroxyl groups excluding tert-OH is 1. The van der Waals surface area contributed by atoms with Gasteiger partial charge in [0.25, 0.3) is 0 Å². The Kier molecular flexibility index (Phi) is 3.26. The smallest absolute Gasteiger partial charge is 0.219 e. The van der Waals surface area contributed by atoms with Gasteiger partial charge in [0.05, 0.1) is 6.10 Å². The number of aliphatic hydroxyl groups is 1. The summed E-state index contributed by atoms with van der Waals surface area (Å²) in [7, 11) is 0. The van der Waals surface area contributed by atoms with Gasteiger partial charge in [-0.2, -0.15) is 11.8 Å². The van der Waals surface area contributed by atoms with Crippen molar-refractivity contribution in [3.05, 3.63) is 0 Å². The van der Waals surface area contributed by atoms with Gasteiger partial charge < -0.3 is 10.4 Å². The molecule has 2 aliphatic carbocycles. The highest BCUT2D eigenvalue weighted by molar-refractivity contribution is 7.99. The lowest BCUT2D eigenvalue weighted by molar-refractivity contribution is -0.123. The van der Waals surface area contributed by atoms with Crippen LogP contribution in [0.25, 0.3) is 0 Å². The molecule has 2 rings (SSSR count). The summed E-state index contributed by atoms with van der Waals surface area (Å²) >= 11 is 1.75. The molecule has 0 aliphatic heterocycles. The second-order valence-electron chi connectivity index (χ2n) is 4.59. The molecular formula is C11H19NO2S. The molecule has 2 N–H and O–H groups in total. The highest BCUT2D eigenvalue weighted by Crippen LogP contribution is 2.50. The molecule has 15 heavy (non-hydrogen) atoms. The van der Waals surface area contributed by atoms with E-state index >= 15 is 0 Å². The van der Waals surface area contributed by atoms with Gasteiger partial charge in [0, 0.05) is 17.7 Å². The molecule has 2 fully saturated rings. The van der Waals surface area contributed by atoms with Gasteiger partial charge in [0.2, 0.25) is 5.91 Å². The van der Waals surface area contributed by atoms with E-state index in [1.165, 1.54) is 0 Å². The number of amides is 1. The van der Waals surface area contributed by atoms with Crippen LogP contribution in [-0.2, 0) is 4.79 Å². The van der Waals surface area contributed by atoms with Gasteiger partial charge in [-0.3, -0.25) is 4.79 Å². The number of hydrogen-bond donors (Lipinski definition) is 2. The van der Waals surface area contributed by atoms with Gasteiger partial charge in [-0.05, 0) is 30.9 Å². The van der Waals surface area contributed by atoms with E-state index in [0.717, 1.165) is 12.8 Å². The second-order valence-corrected chi connectivity index (χ2v) is 5.67. The Morgan fingerprint density at radius 2 is 2.20 bits per heavy atom. The third kappa shape index (κ3) is 1.89. The molecule has 4 heteroatoms. The minimum absolute atomic E-state index is 0.139. The molecular weight excluding hydrogens is 210 g/mol. The van der Waals surface area contributed by atoms with E-state index in [4.69, 9.17) is 0 Å². The maximum absolute atomic E-state index is 11.3. The Balaban J connectivity index is 1.88. The van der Waals surface area contributed by atoms with E-state index in [9.17, 15) is 9.90 Å². The summed E-state index contributed by atoms with van der Waals surface area (Å²) in [5, 5.41) is 13.4. The molecule has 0 heterocycles. The fourth-order valence-electron chi connectivity index (χ4n) is 2.87. The normalized spacial score (nSPS) is 43.3. The Morgan fingerprint density at radius 1 is 1.47 bits per heavy atom. The van der Waals surface area contributed by atoms with E-state index in [1.807, 2.05) is 6.92 Å². The molecule has 3 nitrogen and oxygen atoms in total. The van der Waals surface area contributed by atoms with Crippen LogP contribution >= 0.6 is 11.8 Å². The minimum Gasteiger partial charge on any atom is -0.392 e. The minimum atomic E-state index is -0.153. The van der Waals surface area contributed by atoms with E-state index in [0.29, 0.717) is 29.5 Å². The van der Waals surface area contributed by atoms with Crippen LogP contribution in [0.15, 0.2) is 0 Å². The van der Waals surface area contributed by atoms with Crippen molar-refractivity contribution in [2.24, 2.45) is 11.8 Å². The lowest BCUT2D eigenvalue weighted by Crippen LogP contribution is -2.52. The second kappa shape index (κ2) is 4.34. The molecule has 0 bridgehead atoms.